The lowest BCUT2D eigenvalue weighted by atomic mass is 10.1. The van der Waals surface area contributed by atoms with Crippen LogP contribution < -0.4 is 0 Å². The van der Waals surface area contributed by atoms with E-state index < -0.39 is 27.8 Å². The third-order valence-corrected chi connectivity index (χ3v) is 8.02. The molecule has 0 fully saturated rings. The minimum absolute atomic E-state index is 0.0103. The van der Waals surface area contributed by atoms with Crippen LogP contribution in [-0.4, -0.2) is 56.5 Å². The second-order valence-corrected chi connectivity index (χ2v) is 11.6. The Morgan fingerprint density at radius 1 is 0.889 bits per heavy atom. The SMILES string of the molecule is CN(Cc1c[nH]c(-c2ccccc2F)c1)Cc1cc(-c2ccccc2F)n(S(=O)(=O)c2cccnc2)c1.O=C(O)/C=C/C(=O)O. The molecule has 5 rings (SSSR count). The summed E-state index contributed by atoms with van der Waals surface area (Å²) in [5.74, 6) is -3.34. The summed E-state index contributed by atoms with van der Waals surface area (Å²) in [6.45, 7) is 0.928. The van der Waals surface area contributed by atoms with E-state index in [9.17, 15) is 26.8 Å². The monoisotopic (exact) mass is 634 g/mol. The highest BCUT2D eigenvalue weighted by atomic mass is 32.2. The smallest absolute Gasteiger partial charge is 0.328 e. The van der Waals surface area contributed by atoms with Crippen LogP contribution in [0.1, 0.15) is 11.1 Å². The average Bonchev–Trinajstić information content (AvgIpc) is 3.65. The van der Waals surface area contributed by atoms with E-state index in [0.717, 1.165) is 9.54 Å². The van der Waals surface area contributed by atoms with Crippen LogP contribution in [0, 0.1) is 11.6 Å². The van der Waals surface area contributed by atoms with Gasteiger partial charge in [-0.2, -0.15) is 0 Å². The van der Waals surface area contributed by atoms with Gasteiger partial charge in [-0.05, 0) is 66.7 Å². The van der Waals surface area contributed by atoms with Crippen molar-refractivity contribution in [3.05, 3.63) is 132 Å². The van der Waals surface area contributed by atoms with Crippen LogP contribution in [0.4, 0.5) is 8.78 Å². The summed E-state index contributed by atoms with van der Waals surface area (Å²) in [4.78, 5) is 28.2. The lowest BCUT2D eigenvalue weighted by molar-refractivity contribution is -0.134. The molecule has 0 spiro atoms. The number of benzene rings is 2. The third-order valence-electron chi connectivity index (χ3n) is 6.36. The van der Waals surface area contributed by atoms with E-state index in [2.05, 4.69) is 9.97 Å². The molecule has 5 aromatic rings. The van der Waals surface area contributed by atoms with Gasteiger partial charge in [0, 0.05) is 66.8 Å². The molecule has 3 heterocycles. The molecular formula is C32H28F2N4O6S. The molecule has 0 aliphatic heterocycles. The van der Waals surface area contributed by atoms with Crippen molar-refractivity contribution in [2.45, 2.75) is 18.0 Å². The predicted molar refractivity (Wildman–Crippen MR) is 162 cm³/mol. The zero-order chi connectivity index (χ0) is 32.6. The summed E-state index contributed by atoms with van der Waals surface area (Å²) in [5.41, 5.74) is 3.22. The molecule has 232 valence electrons. The van der Waals surface area contributed by atoms with Gasteiger partial charge in [-0.1, -0.05) is 24.3 Å². The highest BCUT2D eigenvalue weighted by Gasteiger charge is 2.24. The van der Waals surface area contributed by atoms with Crippen molar-refractivity contribution < 1.29 is 37.0 Å². The van der Waals surface area contributed by atoms with Crippen LogP contribution in [-0.2, 0) is 32.7 Å². The third kappa shape index (κ3) is 8.37. The van der Waals surface area contributed by atoms with Gasteiger partial charge < -0.3 is 15.2 Å². The number of hydrogen-bond donors (Lipinski definition) is 3. The first kappa shape index (κ1) is 32.5. The lowest BCUT2D eigenvalue weighted by Crippen LogP contribution is -2.17. The van der Waals surface area contributed by atoms with Crippen LogP contribution in [0.5, 0.6) is 0 Å². The van der Waals surface area contributed by atoms with Gasteiger partial charge in [0.1, 0.15) is 16.5 Å². The van der Waals surface area contributed by atoms with Crippen molar-refractivity contribution in [1.29, 1.82) is 0 Å². The molecular weight excluding hydrogens is 606 g/mol. The van der Waals surface area contributed by atoms with Gasteiger partial charge in [0.25, 0.3) is 10.0 Å². The van der Waals surface area contributed by atoms with Crippen molar-refractivity contribution in [3.63, 3.8) is 0 Å². The van der Waals surface area contributed by atoms with E-state index in [-0.39, 0.29) is 22.0 Å². The Kier molecular flexibility index (Phi) is 10.4. The van der Waals surface area contributed by atoms with Gasteiger partial charge in [0.2, 0.25) is 0 Å². The number of aromatic amines is 1. The Balaban J connectivity index is 0.000000510. The van der Waals surface area contributed by atoms with Crippen molar-refractivity contribution in [1.82, 2.24) is 18.8 Å². The van der Waals surface area contributed by atoms with Gasteiger partial charge in [-0.25, -0.2) is 30.8 Å². The predicted octanol–water partition coefficient (Wildman–Crippen LogP) is 5.40. The van der Waals surface area contributed by atoms with E-state index in [1.165, 1.54) is 36.8 Å². The van der Waals surface area contributed by atoms with Crippen LogP contribution in [0.3, 0.4) is 0 Å². The molecule has 3 N–H and O–H groups in total. The first-order valence-corrected chi connectivity index (χ1v) is 14.8. The molecule has 0 saturated heterocycles. The number of pyridine rings is 1. The number of carbonyl (C=O) groups is 2. The van der Waals surface area contributed by atoms with Crippen LogP contribution in [0.2, 0.25) is 0 Å². The second kappa shape index (κ2) is 14.4. The average molecular weight is 635 g/mol. The normalized spacial score (nSPS) is 11.4. The molecule has 0 aliphatic carbocycles. The Labute approximate surface area is 257 Å². The molecule has 0 unspecified atom stereocenters. The summed E-state index contributed by atoms with van der Waals surface area (Å²) in [5, 5.41) is 15.6. The van der Waals surface area contributed by atoms with Gasteiger partial charge >= 0.3 is 11.9 Å². The number of carboxylic acids is 2. The van der Waals surface area contributed by atoms with Crippen LogP contribution >= 0.6 is 0 Å². The molecule has 0 saturated carbocycles. The topological polar surface area (TPSA) is 146 Å². The zero-order valence-corrected chi connectivity index (χ0v) is 24.7. The fraction of sp³-hybridized carbons (Fsp3) is 0.0938. The number of carboxylic acid groups (broad SMARTS) is 2. The van der Waals surface area contributed by atoms with Crippen molar-refractivity contribution in [2.24, 2.45) is 0 Å². The summed E-state index contributed by atoms with van der Waals surface area (Å²) in [6, 6.07) is 19.2. The van der Waals surface area contributed by atoms with E-state index in [4.69, 9.17) is 10.2 Å². The summed E-state index contributed by atoms with van der Waals surface area (Å²) in [6.07, 6.45) is 7.21. The van der Waals surface area contributed by atoms with E-state index in [0.29, 0.717) is 42.1 Å². The van der Waals surface area contributed by atoms with Crippen molar-refractivity contribution in [3.8, 4) is 22.5 Å². The Morgan fingerprint density at radius 3 is 2.07 bits per heavy atom. The van der Waals surface area contributed by atoms with Crippen molar-refractivity contribution >= 4 is 22.0 Å². The van der Waals surface area contributed by atoms with Gasteiger partial charge in [-0.15, -0.1) is 0 Å². The largest absolute Gasteiger partial charge is 0.478 e. The molecule has 3 aromatic heterocycles. The highest BCUT2D eigenvalue weighted by Crippen LogP contribution is 2.30. The number of H-pyrrole nitrogens is 1. The van der Waals surface area contributed by atoms with Gasteiger partial charge in [0.15, 0.2) is 0 Å². The molecule has 0 bridgehead atoms. The summed E-state index contributed by atoms with van der Waals surface area (Å²) < 4.78 is 56.9. The minimum atomic E-state index is -4.01. The maximum atomic E-state index is 14.7. The Morgan fingerprint density at radius 2 is 1.49 bits per heavy atom. The summed E-state index contributed by atoms with van der Waals surface area (Å²) >= 11 is 0. The van der Waals surface area contributed by atoms with Gasteiger partial charge in [0.05, 0.1) is 5.69 Å². The first-order valence-electron chi connectivity index (χ1n) is 13.3. The first-order chi connectivity index (χ1) is 21.5. The molecule has 2 aromatic carbocycles. The number of hydrogen-bond acceptors (Lipinski definition) is 6. The lowest BCUT2D eigenvalue weighted by Gasteiger charge is -2.14. The summed E-state index contributed by atoms with van der Waals surface area (Å²) in [7, 11) is -2.12. The second-order valence-electron chi connectivity index (χ2n) is 9.79. The van der Waals surface area contributed by atoms with E-state index >= 15 is 0 Å². The van der Waals surface area contributed by atoms with Gasteiger partial charge in [-0.3, -0.25) is 9.88 Å². The quantitative estimate of drug-likeness (QED) is 0.173. The van der Waals surface area contributed by atoms with E-state index in [1.54, 1.807) is 48.5 Å². The maximum Gasteiger partial charge on any atom is 0.328 e. The molecule has 0 amide bonds. The van der Waals surface area contributed by atoms with Crippen LogP contribution in [0.15, 0.2) is 115 Å². The standard InChI is InChI=1S/C28H24F2N4O2S.C4H4O4/c1-33(17-20-13-27(32-15-20)23-8-2-4-10-25(23)29)18-21-14-28(24-9-3-5-11-26(24)30)34(19-21)37(35,36)22-7-6-12-31-16-22;5-3(6)1-2-4(7)8/h2-16,19,32H,17-18H2,1H3;1-2H,(H,5,6)(H,7,8)/b;2-1+. The maximum absolute atomic E-state index is 14.7. The fourth-order valence-corrected chi connectivity index (χ4v) is 5.80. The molecule has 0 radical (unpaired) electrons. The Hall–Kier alpha value is -5.40. The number of aliphatic carboxylic acids is 2. The number of rotatable bonds is 10. The van der Waals surface area contributed by atoms with Crippen LogP contribution in [0.25, 0.3) is 22.5 Å². The molecule has 0 atom stereocenters. The number of halogens is 2. The molecule has 13 heteroatoms. The number of aromatic nitrogens is 3. The minimum Gasteiger partial charge on any atom is -0.478 e. The Bertz CT molecular complexity index is 1920. The fourth-order valence-electron chi connectivity index (χ4n) is 4.45. The molecule has 45 heavy (non-hydrogen) atoms. The van der Waals surface area contributed by atoms with Crippen molar-refractivity contribution in [2.75, 3.05) is 7.05 Å². The highest BCUT2D eigenvalue weighted by molar-refractivity contribution is 7.90. The number of nitrogens with one attached hydrogen (secondary N) is 1. The van der Waals surface area contributed by atoms with E-state index in [1.807, 2.05) is 24.2 Å². The molecule has 0 aliphatic rings. The molecule has 10 nitrogen and oxygen atoms in total. The zero-order valence-electron chi connectivity index (χ0n) is 23.8. The number of nitrogens with zero attached hydrogens (tertiary/aromatic N) is 3.